The number of halogens is 4. The van der Waals surface area contributed by atoms with Crippen molar-refractivity contribution in [3.63, 3.8) is 0 Å². The number of rotatable bonds is 4. The molecule has 0 spiro atoms. The van der Waals surface area contributed by atoms with Crippen LogP contribution in [0.25, 0.3) is 0 Å². The third kappa shape index (κ3) is 5.88. The zero-order chi connectivity index (χ0) is 26.9. The standard InChI is InChI=1S/C26H28Cl2F2N4O3/c1-15(35)33-8-5-16(6-9-33)25(36)34-10-7-23(19(14-34)17-3-4-20(27)21(28)11-17)32(2)26(37)24-22(30)12-18(29)13-31-24/h3-4,11-13,16,19,23H,5-10,14H2,1-2H3. The predicted molar refractivity (Wildman–Crippen MR) is 135 cm³/mol. The van der Waals surface area contributed by atoms with E-state index >= 15 is 0 Å². The highest BCUT2D eigenvalue weighted by molar-refractivity contribution is 6.42. The van der Waals surface area contributed by atoms with E-state index in [9.17, 15) is 23.2 Å². The van der Waals surface area contributed by atoms with Gasteiger partial charge >= 0.3 is 0 Å². The second kappa shape index (κ2) is 11.3. The van der Waals surface area contributed by atoms with Crippen LogP contribution in [0.4, 0.5) is 8.78 Å². The number of benzene rings is 1. The van der Waals surface area contributed by atoms with Gasteiger partial charge in [-0.2, -0.15) is 0 Å². The molecule has 0 aliphatic carbocycles. The van der Waals surface area contributed by atoms with E-state index in [0.717, 1.165) is 11.8 Å². The van der Waals surface area contributed by atoms with Crippen LogP contribution in [0.5, 0.6) is 0 Å². The summed E-state index contributed by atoms with van der Waals surface area (Å²) in [4.78, 5) is 46.9. The molecule has 0 N–H and O–H groups in total. The van der Waals surface area contributed by atoms with Gasteiger partial charge in [0.05, 0.1) is 16.2 Å². The molecule has 2 fully saturated rings. The zero-order valence-electron chi connectivity index (χ0n) is 20.6. The number of carbonyl (C=O) groups is 3. The van der Waals surface area contributed by atoms with Gasteiger partial charge in [0.25, 0.3) is 5.91 Å². The van der Waals surface area contributed by atoms with Gasteiger partial charge < -0.3 is 14.7 Å². The molecule has 0 saturated carbocycles. The lowest BCUT2D eigenvalue weighted by Gasteiger charge is -2.44. The second-order valence-corrected chi connectivity index (χ2v) is 10.4. The summed E-state index contributed by atoms with van der Waals surface area (Å²) in [5.74, 6) is -3.07. The number of piperidine rings is 2. The van der Waals surface area contributed by atoms with E-state index in [1.165, 1.54) is 11.8 Å². The van der Waals surface area contributed by atoms with Gasteiger partial charge in [-0.3, -0.25) is 14.4 Å². The Morgan fingerprint density at radius 3 is 2.30 bits per heavy atom. The molecule has 2 atom stereocenters. The first-order chi connectivity index (χ1) is 17.6. The molecule has 3 heterocycles. The van der Waals surface area contributed by atoms with Crippen LogP contribution in [0.1, 0.15) is 48.2 Å². The summed E-state index contributed by atoms with van der Waals surface area (Å²) in [6.07, 6.45) is 2.45. The molecule has 4 rings (SSSR count). The third-order valence-electron chi connectivity index (χ3n) is 7.38. The summed E-state index contributed by atoms with van der Waals surface area (Å²) in [5.41, 5.74) is 0.322. The van der Waals surface area contributed by atoms with Crippen molar-refractivity contribution in [3.8, 4) is 0 Å². The summed E-state index contributed by atoms with van der Waals surface area (Å²) < 4.78 is 27.7. The minimum absolute atomic E-state index is 0.00572. The topological polar surface area (TPSA) is 73.8 Å². The first-order valence-electron chi connectivity index (χ1n) is 12.1. The Morgan fingerprint density at radius 1 is 1.00 bits per heavy atom. The number of hydrogen-bond donors (Lipinski definition) is 0. The summed E-state index contributed by atoms with van der Waals surface area (Å²) in [7, 11) is 1.55. The highest BCUT2D eigenvalue weighted by Gasteiger charge is 2.39. The molecule has 1 aromatic carbocycles. The van der Waals surface area contributed by atoms with E-state index in [4.69, 9.17) is 23.2 Å². The molecule has 7 nitrogen and oxygen atoms in total. The molecule has 2 aliphatic heterocycles. The average molecular weight is 553 g/mol. The molecular weight excluding hydrogens is 525 g/mol. The summed E-state index contributed by atoms with van der Waals surface area (Å²) in [6, 6.07) is 5.41. The van der Waals surface area contributed by atoms with Crippen molar-refractivity contribution in [1.29, 1.82) is 0 Å². The molecule has 2 saturated heterocycles. The Hall–Kier alpha value is -2.78. The minimum Gasteiger partial charge on any atom is -0.343 e. The largest absolute Gasteiger partial charge is 0.343 e. The SMILES string of the molecule is CC(=O)N1CCC(C(=O)N2CCC(N(C)C(=O)c3ncc(F)cc3F)C(c3ccc(Cl)c(Cl)c3)C2)CC1. The van der Waals surface area contributed by atoms with Crippen molar-refractivity contribution in [1.82, 2.24) is 19.7 Å². The maximum absolute atomic E-state index is 14.3. The molecule has 2 unspecified atom stereocenters. The third-order valence-corrected chi connectivity index (χ3v) is 8.12. The van der Waals surface area contributed by atoms with E-state index < -0.39 is 29.3 Å². The quantitative estimate of drug-likeness (QED) is 0.564. The predicted octanol–water partition coefficient (Wildman–Crippen LogP) is 4.38. The van der Waals surface area contributed by atoms with Gasteiger partial charge in [-0.15, -0.1) is 0 Å². The first kappa shape index (κ1) is 27.3. The van der Waals surface area contributed by atoms with Crippen LogP contribution in [0, 0.1) is 17.6 Å². The fraction of sp³-hybridized carbons (Fsp3) is 0.462. The number of nitrogens with zero attached hydrogens (tertiary/aromatic N) is 4. The maximum Gasteiger partial charge on any atom is 0.275 e. The molecule has 11 heteroatoms. The van der Waals surface area contributed by atoms with Crippen LogP contribution >= 0.6 is 23.2 Å². The van der Waals surface area contributed by atoms with Crippen molar-refractivity contribution >= 4 is 40.9 Å². The normalized spacial score (nSPS) is 20.6. The van der Waals surface area contributed by atoms with E-state index in [1.807, 2.05) is 0 Å². The van der Waals surface area contributed by atoms with Gasteiger partial charge in [-0.25, -0.2) is 13.8 Å². The molecule has 2 aromatic rings. The van der Waals surface area contributed by atoms with Gasteiger partial charge in [0, 0.05) is 64.1 Å². The Bertz CT molecular complexity index is 1210. The summed E-state index contributed by atoms with van der Waals surface area (Å²) >= 11 is 12.4. The lowest BCUT2D eigenvalue weighted by atomic mass is 9.84. The summed E-state index contributed by atoms with van der Waals surface area (Å²) in [5, 5.41) is 0.725. The van der Waals surface area contributed by atoms with E-state index in [2.05, 4.69) is 4.98 Å². The lowest BCUT2D eigenvalue weighted by molar-refractivity contribution is -0.141. The van der Waals surface area contributed by atoms with Crippen LogP contribution in [0.3, 0.4) is 0 Å². The molecule has 3 amide bonds. The van der Waals surface area contributed by atoms with Crippen molar-refractivity contribution < 1.29 is 23.2 Å². The number of pyridine rings is 1. The Morgan fingerprint density at radius 2 is 1.68 bits per heavy atom. The number of amides is 3. The number of likely N-dealkylation sites (N-methyl/N-ethyl adjacent to an activating group) is 1. The Balaban J connectivity index is 1.57. The van der Waals surface area contributed by atoms with Crippen molar-refractivity contribution in [2.75, 3.05) is 33.2 Å². The van der Waals surface area contributed by atoms with Crippen LogP contribution < -0.4 is 0 Å². The molecule has 198 valence electrons. The smallest absolute Gasteiger partial charge is 0.275 e. The summed E-state index contributed by atoms with van der Waals surface area (Å²) in [6.45, 7) is 3.36. The van der Waals surface area contributed by atoms with Crippen LogP contribution in [-0.4, -0.2) is 76.7 Å². The monoisotopic (exact) mass is 552 g/mol. The fourth-order valence-corrected chi connectivity index (χ4v) is 5.57. The average Bonchev–Trinajstić information content (AvgIpc) is 2.88. The number of carbonyl (C=O) groups excluding carboxylic acids is 3. The van der Waals surface area contributed by atoms with Crippen LogP contribution in [0.15, 0.2) is 30.5 Å². The Kier molecular flexibility index (Phi) is 8.33. The highest BCUT2D eigenvalue weighted by atomic mass is 35.5. The molecular formula is C26H28Cl2F2N4O3. The van der Waals surface area contributed by atoms with Gasteiger partial charge in [0.1, 0.15) is 5.82 Å². The lowest BCUT2D eigenvalue weighted by Crippen LogP contribution is -2.53. The van der Waals surface area contributed by atoms with E-state index in [-0.39, 0.29) is 23.7 Å². The first-order valence-corrected chi connectivity index (χ1v) is 12.9. The van der Waals surface area contributed by atoms with E-state index in [1.54, 1.807) is 35.0 Å². The minimum atomic E-state index is -1.03. The number of hydrogen-bond acceptors (Lipinski definition) is 4. The molecule has 1 aromatic heterocycles. The van der Waals surface area contributed by atoms with Gasteiger partial charge in [-0.1, -0.05) is 29.3 Å². The molecule has 0 radical (unpaired) electrons. The highest BCUT2D eigenvalue weighted by Crippen LogP contribution is 2.35. The van der Waals surface area contributed by atoms with Crippen LogP contribution in [0.2, 0.25) is 10.0 Å². The maximum atomic E-state index is 14.3. The van der Waals surface area contributed by atoms with Gasteiger partial charge in [0.15, 0.2) is 11.5 Å². The van der Waals surface area contributed by atoms with Crippen LogP contribution in [-0.2, 0) is 9.59 Å². The van der Waals surface area contributed by atoms with Crippen molar-refractivity contribution in [3.05, 3.63) is 63.4 Å². The van der Waals surface area contributed by atoms with E-state index in [0.29, 0.717) is 61.6 Å². The fourth-order valence-electron chi connectivity index (χ4n) is 5.26. The number of aromatic nitrogens is 1. The molecule has 0 bridgehead atoms. The zero-order valence-corrected chi connectivity index (χ0v) is 22.1. The molecule has 2 aliphatic rings. The van der Waals surface area contributed by atoms with Gasteiger partial charge in [0.2, 0.25) is 11.8 Å². The number of likely N-dealkylation sites (tertiary alicyclic amines) is 2. The van der Waals surface area contributed by atoms with Gasteiger partial charge in [-0.05, 0) is 37.0 Å². The van der Waals surface area contributed by atoms with Crippen molar-refractivity contribution in [2.24, 2.45) is 5.92 Å². The van der Waals surface area contributed by atoms with Crippen molar-refractivity contribution in [2.45, 2.75) is 38.1 Å². The molecule has 37 heavy (non-hydrogen) atoms. The Labute approximate surface area is 224 Å². The second-order valence-electron chi connectivity index (χ2n) is 9.60.